The number of rotatable bonds is 7. The summed E-state index contributed by atoms with van der Waals surface area (Å²) in [5, 5.41) is 15.2. The molecule has 0 unspecified atom stereocenters. The van der Waals surface area contributed by atoms with Crippen LogP contribution in [0.3, 0.4) is 0 Å². The lowest BCUT2D eigenvalue weighted by Gasteiger charge is -2.13. The fraction of sp³-hybridized carbons (Fsp3) is 0.160. The van der Waals surface area contributed by atoms with Gasteiger partial charge in [0.25, 0.3) is 6.01 Å². The molecular weight excluding hydrogens is 432 g/mol. The molecule has 2 aromatic heterocycles. The van der Waals surface area contributed by atoms with Gasteiger partial charge in [0, 0.05) is 5.82 Å². The summed E-state index contributed by atoms with van der Waals surface area (Å²) in [5.74, 6) is 0.0710. The number of carbonyl (C=O) groups excluding carboxylic acids is 1. The van der Waals surface area contributed by atoms with Crippen LogP contribution in [-0.2, 0) is 11.3 Å². The molecule has 0 saturated carbocycles. The largest absolute Gasteiger partial charge is 0.465 e. The van der Waals surface area contributed by atoms with Gasteiger partial charge in [0.15, 0.2) is 0 Å². The Hall–Kier alpha value is -4.53. The summed E-state index contributed by atoms with van der Waals surface area (Å²) >= 11 is 0. The van der Waals surface area contributed by atoms with E-state index >= 15 is 0 Å². The maximum Gasteiger partial charge on any atom is 0.340 e. The van der Waals surface area contributed by atoms with Gasteiger partial charge in [-0.3, -0.25) is 14.9 Å². The van der Waals surface area contributed by atoms with Crippen molar-refractivity contribution in [2.24, 2.45) is 0 Å². The highest BCUT2D eigenvalue weighted by Gasteiger charge is 2.19. The molecule has 2 heterocycles. The monoisotopic (exact) mass is 453 g/mol. The Kier molecular flexibility index (Phi) is 5.73. The summed E-state index contributed by atoms with van der Waals surface area (Å²) in [6.07, 6.45) is 0. The van der Waals surface area contributed by atoms with E-state index in [2.05, 4.69) is 25.6 Å². The molecule has 34 heavy (non-hydrogen) atoms. The molecule has 5 aromatic rings. The van der Waals surface area contributed by atoms with Crippen LogP contribution >= 0.6 is 0 Å². The van der Waals surface area contributed by atoms with Crippen molar-refractivity contribution in [1.29, 1.82) is 0 Å². The van der Waals surface area contributed by atoms with Crippen molar-refractivity contribution in [3.63, 3.8) is 0 Å². The minimum absolute atomic E-state index is 0.416. The first-order valence-corrected chi connectivity index (χ1v) is 10.8. The molecule has 0 aliphatic heterocycles. The molecule has 0 radical (unpaired) electrons. The number of fused-ring (bicyclic) bond motifs is 1. The van der Waals surface area contributed by atoms with E-state index in [0.29, 0.717) is 41.6 Å². The Balaban J connectivity index is 1.53. The average Bonchev–Trinajstić information content (AvgIpc) is 3.53. The van der Waals surface area contributed by atoms with Gasteiger partial charge in [0.1, 0.15) is 0 Å². The number of methoxy groups -OCH3 is 1. The number of ether oxygens (including phenoxy) is 2. The van der Waals surface area contributed by atoms with Gasteiger partial charge >= 0.3 is 5.97 Å². The molecule has 5 rings (SSSR count). The second-order valence-electron chi connectivity index (χ2n) is 7.52. The third-order valence-electron chi connectivity index (χ3n) is 5.50. The van der Waals surface area contributed by atoms with E-state index in [0.717, 1.165) is 22.3 Å². The van der Waals surface area contributed by atoms with Crippen molar-refractivity contribution >= 4 is 17.0 Å². The van der Waals surface area contributed by atoms with E-state index in [1.165, 1.54) is 7.11 Å². The number of nitrogens with zero attached hydrogens (tertiary/aromatic N) is 6. The maximum absolute atomic E-state index is 12.4. The second kappa shape index (κ2) is 9.14. The zero-order chi connectivity index (χ0) is 23.5. The molecule has 9 nitrogen and oxygen atoms in total. The Bertz CT molecular complexity index is 1440. The SMILES string of the molecule is CCOc1nc2cccc(C(=O)OC)c2n1Cc1ccc(-c2ccccc2-c2nnn[n-]2)cc1. The summed E-state index contributed by atoms with van der Waals surface area (Å²) in [4.78, 5) is 17.0. The Morgan fingerprint density at radius 2 is 1.79 bits per heavy atom. The number of carbonyl (C=O) groups is 1. The van der Waals surface area contributed by atoms with Crippen LogP contribution in [0.5, 0.6) is 6.01 Å². The Labute approximate surface area is 195 Å². The van der Waals surface area contributed by atoms with Gasteiger partial charge in [0.05, 0.1) is 36.9 Å². The van der Waals surface area contributed by atoms with E-state index in [9.17, 15) is 4.79 Å². The highest BCUT2D eigenvalue weighted by molar-refractivity contribution is 6.02. The van der Waals surface area contributed by atoms with Gasteiger partial charge in [-0.15, -0.1) is 0 Å². The minimum atomic E-state index is -0.416. The smallest absolute Gasteiger partial charge is 0.340 e. The molecule has 0 fully saturated rings. The number of esters is 1. The predicted octanol–water partition coefficient (Wildman–Crippen LogP) is 3.75. The van der Waals surface area contributed by atoms with E-state index in [1.54, 1.807) is 12.1 Å². The van der Waals surface area contributed by atoms with Crippen LogP contribution in [0.4, 0.5) is 0 Å². The number of benzene rings is 3. The first-order chi connectivity index (χ1) is 16.7. The van der Waals surface area contributed by atoms with Crippen LogP contribution in [0.2, 0.25) is 0 Å². The molecule has 0 aliphatic carbocycles. The molecule has 0 atom stereocenters. The van der Waals surface area contributed by atoms with Crippen LogP contribution in [0.1, 0.15) is 22.8 Å². The van der Waals surface area contributed by atoms with E-state index in [1.807, 2.05) is 66.1 Å². The zero-order valence-electron chi connectivity index (χ0n) is 18.7. The number of para-hydroxylation sites is 1. The van der Waals surface area contributed by atoms with Gasteiger partial charge in [-0.1, -0.05) is 54.6 Å². The van der Waals surface area contributed by atoms with Crippen LogP contribution in [0.15, 0.2) is 66.7 Å². The van der Waals surface area contributed by atoms with Crippen molar-refractivity contribution in [1.82, 2.24) is 30.2 Å². The maximum atomic E-state index is 12.4. The normalized spacial score (nSPS) is 11.0. The van der Waals surface area contributed by atoms with E-state index in [-0.39, 0.29) is 0 Å². The summed E-state index contributed by atoms with van der Waals surface area (Å²) in [6.45, 7) is 2.83. The number of aromatic nitrogens is 6. The molecule has 0 saturated heterocycles. The average molecular weight is 453 g/mol. The molecule has 170 valence electrons. The molecular formula is C25H21N6O3-. The van der Waals surface area contributed by atoms with Crippen LogP contribution in [0.25, 0.3) is 33.5 Å². The zero-order valence-corrected chi connectivity index (χ0v) is 18.7. The van der Waals surface area contributed by atoms with Crippen molar-refractivity contribution in [2.75, 3.05) is 13.7 Å². The van der Waals surface area contributed by atoms with Crippen LogP contribution < -0.4 is 9.84 Å². The molecule has 3 aromatic carbocycles. The first kappa shape index (κ1) is 21.3. The molecule has 9 heteroatoms. The third-order valence-corrected chi connectivity index (χ3v) is 5.50. The predicted molar refractivity (Wildman–Crippen MR) is 125 cm³/mol. The molecule has 0 amide bonds. The van der Waals surface area contributed by atoms with E-state index < -0.39 is 5.97 Å². The highest BCUT2D eigenvalue weighted by atomic mass is 16.5. The van der Waals surface area contributed by atoms with Gasteiger partial charge in [-0.05, 0) is 41.3 Å². The summed E-state index contributed by atoms with van der Waals surface area (Å²) < 4.78 is 12.7. The summed E-state index contributed by atoms with van der Waals surface area (Å²) in [5.41, 5.74) is 5.69. The van der Waals surface area contributed by atoms with Crippen molar-refractivity contribution < 1.29 is 14.3 Å². The van der Waals surface area contributed by atoms with Crippen molar-refractivity contribution in [2.45, 2.75) is 13.5 Å². The summed E-state index contributed by atoms with van der Waals surface area (Å²) in [7, 11) is 1.37. The van der Waals surface area contributed by atoms with Gasteiger partial charge in [0.2, 0.25) is 0 Å². The third kappa shape index (κ3) is 3.88. The second-order valence-corrected chi connectivity index (χ2v) is 7.52. The van der Waals surface area contributed by atoms with Crippen LogP contribution in [-0.4, -0.2) is 44.8 Å². The number of hydrogen-bond acceptors (Lipinski definition) is 7. The Morgan fingerprint density at radius 3 is 2.50 bits per heavy atom. The van der Waals surface area contributed by atoms with Gasteiger partial charge < -0.3 is 14.6 Å². The van der Waals surface area contributed by atoms with Gasteiger partial charge in [-0.25, -0.2) is 4.79 Å². The highest BCUT2D eigenvalue weighted by Crippen LogP contribution is 2.31. The molecule has 0 bridgehead atoms. The fourth-order valence-corrected chi connectivity index (χ4v) is 3.98. The minimum Gasteiger partial charge on any atom is -0.465 e. The lowest BCUT2D eigenvalue weighted by molar-refractivity contribution is 0.0602. The van der Waals surface area contributed by atoms with Gasteiger partial charge in [-0.2, -0.15) is 10.2 Å². The fourth-order valence-electron chi connectivity index (χ4n) is 3.98. The number of hydrogen-bond donors (Lipinski definition) is 0. The lowest BCUT2D eigenvalue weighted by atomic mass is 9.98. The number of imidazole rings is 1. The molecule has 0 spiro atoms. The molecule has 0 N–H and O–H groups in total. The summed E-state index contributed by atoms with van der Waals surface area (Å²) in [6, 6.07) is 21.9. The lowest BCUT2D eigenvalue weighted by Crippen LogP contribution is -2.09. The molecule has 0 aliphatic rings. The van der Waals surface area contributed by atoms with Crippen molar-refractivity contribution in [3.05, 3.63) is 77.9 Å². The Morgan fingerprint density at radius 1 is 1.00 bits per heavy atom. The van der Waals surface area contributed by atoms with Crippen LogP contribution in [0, 0.1) is 0 Å². The standard InChI is InChI=1S/C25H21N6O3/c1-3-34-25-26-21-10-6-9-20(24(32)33-2)22(21)31(25)15-16-11-13-17(14-12-16)18-7-4-5-8-19(18)23-27-29-30-28-23/h4-14H,3,15H2,1-2H3/q-1. The topological polar surface area (TPSA) is 106 Å². The quantitative estimate of drug-likeness (QED) is 0.343. The number of tetrazole rings is 1. The van der Waals surface area contributed by atoms with E-state index in [4.69, 9.17) is 9.47 Å². The van der Waals surface area contributed by atoms with Crippen molar-refractivity contribution in [3.8, 4) is 28.5 Å². The first-order valence-electron chi connectivity index (χ1n) is 10.8.